The number of hydrogen-bond acceptors (Lipinski definition) is 10. The summed E-state index contributed by atoms with van der Waals surface area (Å²) in [6, 6.07) is 5.18. The van der Waals surface area contributed by atoms with Gasteiger partial charge in [-0.15, -0.1) is 0 Å². The summed E-state index contributed by atoms with van der Waals surface area (Å²) in [6.45, 7) is 6.11. The SMILES string of the molecule is CC1(C)OC2[C@@H](CO[C@@]3(COS(=O)(=O)NC(=O)c4ccccc4C(=O)O)OC(C)(C)O[C@@H]23)O1. The number of aromatic carboxylic acids is 1. The van der Waals surface area contributed by atoms with Crippen LogP contribution < -0.4 is 4.72 Å². The molecule has 0 spiro atoms. The lowest BCUT2D eigenvalue weighted by Crippen LogP contribution is -2.60. The molecule has 1 unspecified atom stereocenters. The Labute approximate surface area is 190 Å². The lowest BCUT2D eigenvalue weighted by Gasteiger charge is -2.40. The van der Waals surface area contributed by atoms with Gasteiger partial charge in [0.15, 0.2) is 11.6 Å². The molecular formula is C20H25NO11S. The molecular weight excluding hydrogens is 462 g/mol. The first-order valence-electron chi connectivity index (χ1n) is 10.1. The van der Waals surface area contributed by atoms with Crippen LogP contribution in [0.1, 0.15) is 48.4 Å². The van der Waals surface area contributed by atoms with E-state index in [-0.39, 0.29) is 17.7 Å². The molecule has 4 atom stereocenters. The summed E-state index contributed by atoms with van der Waals surface area (Å²) in [6.07, 6.45) is -1.95. The van der Waals surface area contributed by atoms with Crippen molar-refractivity contribution in [2.24, 2.45) is 0 Å². The minimum absolute atomic E-state index is 0.0335. The Hall–Kier alpha value is -2.13. The molecule has 0 aliphatic carbocycles. The van der Waals surface area contributed by atoms with Gasteiger partial charge in [0.25, 0.3) is 5.91 Å². The number of carboxylic acid groups (broad SMARTS) is 1. The third-order valence-electron chi connectivity index (χ3n) is 5.31. The second-order valence-corrected chi connectivity index (χ2v) is 10.1. The van der Waals surface area contributed by atoms with Gasteiger partial charge in [0.1, 0.15) is 24.9 Å². The van der Waals surface area contributed by atoms with Crippen molar-refractivity contribution < 1.29 is 51.0 Å². The average Bonchev–Trinajstić information content (AvgIpc) is 3.17. The number of carbonyl (C=O) groups is 2. The zero-order valence-electron chi connectivity index (χ0n) is 18.4. The number of fused-ring (bicyclic) bond motifs is 3. The predicted molar refractivity (Wildman–Crippen MR) is 108 cm³/mol. The Kier molecular flexibility index (Phi) is 5.80. The number of ether oxygens (including phenoxy) is 5. The molecule has 0 bridgehead atoms. The summed E-state index contributed by atoms with van der Waals surface area (Å²) in [7, 11) is -4.68. The van der Waals surface area contributed by atoms with Crippen LogP contribution in [-0.2, 0) is 38.2 Å². The fourth-order valence-corrected chi connectivity index (χ4v) is 4.89. The van der Waals surface area contributed by atoms with Crippen LogP contribution in [-0.4, -0.2) is 74.3 Å². The summed E-state index contributed by atoms with van der Waals surface area (Å²) in [5, 5.41) is 9.22. The molecule has 13 heteroatoms. The number of hydrogen-bond donors (Lipinski definition) is 2. The van der Waals surface area contributed by atoms with E-state index in [1.165, 1.54) is 24.3 Å². The molecule has 0 saturated carbocycles. The fraction of sp³-hybridized carbons (Fsp3) is 0.600. The van der Waals surface area contributed by atoms with Crippen LogP contribution >= 0.6 is 0 Å². The van der Waals surface area contributed by atoms with Crippen LogP contribution in [0.4, 0.5) is 0 Å². The van der Waals surface area contributed by atoms with Gasteiger partial charge in [-0.2, -0.15) is 8.42 Å². The molecule has 1 aromatic carbocycles. The highest BCUT2D eigenvalue weighted by atomic mass is 32.2. The fourth-order valence-electron chi connectivity index (χ4n) is 4.17. The van der Waals surface area contributed by atoms with E-state index in [9.17, 15) is 23.1 Å². The predicted octanol–water partition coefficient (Wildman–Crippen LogP) is 0.774. The molecule has 12 nitrogen and oxygen atoms in total. The third kappa shape index (κ3) is 4.75. The normalized spacial score (nSPS) is 32.1. The molecule has 33 heavy (non-hydrogen) atoms. The van der Waals surface area contributed by atoms with Crippen molar-refractivity contribution in [3.05, 3.63) is 35.4 Å². The van der Waals surface area contributed by atoms with Crippen molar-refractivity contribution in [3.63, 3.8) is 0 Å². The van der Waals surface area contributed by atoms with E-state index in [0.29, 0.717) is 0 Å². The Morgan fingerprint density at radius 2 is 1.76 bits per heavy atom. The van der Waals surface area contributed by atoms with E-state index >= 15 is 0 Å². The van der Waals surface area contributed by atoms with Gasteiger partial charge in [-0.05, 0) is 39.8 Å². The summed E-state index contributed by atoms with van der Waals surface area (Å²) in [4.78, 5) is 23.7. The summed E-state index contributed by atoms with van der Waals surface area (Å²) in [5.41, 5.74) is -0.703. The van der Waals surface area contributed by atoms with Gasteiger partial charge in [-0.3, -0.25) is 4.79 Å². The van der Waals surface area contributed by atoms with Gasteiger partial charge in [0.05, 0.1) is 17.7 Å². The smallest absolute Gasteiger partial charge is 0.362 e. The van der Waals surface area contributed by atoms with Gasteiger partial charge >= 0.3 is 16.3 Å². The van der Waals surface area contributed by atoms with Gasteiger partial charge in [0, 0.05) is 0 Å². The first-order chi connectivity index (χ1) is 15.2. The molecule has 3 aliphatic heterocycles. The Bertz CT molecular complexity index is 1070. The number of carboxylic acids is 1. The van der Waals surface area contributed by atoms with E-state index < -0.39 is 64.5 Å². The van der Waals surface area contributed by atoms with Crippen molar-refractivity contribution in [2.45, 2.75) is 63.4 Å². The molecule has 3 saturated heterocycles. The maximum atomic E-state index is 12.5. The van der Waals surface area contributed by atoms with E-state index in [1.807, 2.05) is 0 Å². The average molecular weight is 487 g/mol. The number of benzene rings is 1. The molecule has 4 rings (SSSR count). The minimum atomic E-state index is -4.68. The molecule has 2 N–H and O–H groups in total. The number of amides is 1. The van der Waals surface area contributed by atoms with Crippen LogP contribution in [0.3, 0.4) is 0 Å². The third-order valence-corrected chi connectivity index (χ3v) is 6.17. The van der Waals surface area contributed by atoms with Gasteiger partial charge in [-0.1, -0.05) is 12.1 Å². The second-order valence-electron chi connectivity index (χ2n) is 8.80. The van der Waals surface area contributed by atoms with Crippen molar-refractivity contribution >= 4 is 22.2 Å². The van der Waals surface area contributed by atoms with Crippen molar-refractivity contribution in [1.29, 1.82) is 0 Å². The lowest BCUT2D eigenvalue weighted by molar-refractivity contribution is -0.290. The van der Waals surface area contributed by atoms with E-state index in [2.05, 4.69) is 0 Å². The molecule has 0 aromatic heterocycles. The maximum Gasteiger partial charge on any atom is 0.362 e. The highest BCUT2D eigenvalue weighted by Crippen LogP contribution is 2.47. The summed E-state index contributed by atoms with van der Waals surface area (Å²) in [5.74, 6) is -6.24. The Morgan fingerprint density at radius 3 is 2.42 bits per heavy atom. The Balaban J connectivity index is 1.50. The van der Waals surface area contributed by atoms with Gasteiger partial charge in [-0.25, -0.2) is 13.7 Å². The highest BCUT2D eigenvalue weighted by molar-refractivity contribution is 7.85. The quantitative estimate of drug-likeness (QED) is 0.584. The molecule has 0 radical (unpaired) electrons. The van der Waals surface area contributed by atoms with Crippen LogP contribution in [0.15, 0.2) is 24.3 Å². The van der Waals surface area contributed by atoms with Crippen molar-refractivity contribution in [3.8, 4) is 0 Å². The molecule has 1 aromatic rings. The Morgan fingerprint density at radius 1 is 1.09 bits per heavy atom. The number of carbonyl (C=O) groups excluding carboxylic acids is 1. The molecule has 3 fully saturated rings. The number of rotatable bonds is 6. The van der Waals surface area contributed by atoms with E-state index in [4.69, 9.17) is 27.9 Å². The van der Waals surface area contributed by atoms with Crippen LogP contribution in [0.2, 0.25) is 0 Å². The summed E-state index contributed by atoms with van der Waals surface area (Å²) < 4.78 is 61.2. The van der Waals surface area contributed by atoms with Crippen molar-refractivity contribution in [1.82, 2.24) is 4.72 Å². The lowest BCUT2D eigenvalue weighted by atomic mass is 9.98. The topological polar surface area (TPSA) is 156 Å². The van der Waals surface area contributed by atoms with Gasteiger partial charge in [0.2, 0.25) is 5.79 Å². The zero-order valence-corrected chi connectivity index (χ0v) is 19.2. The monoisotopic (exact) mass is 487 g/mol. The van der Waals surface area contributed by atoms with Gasteiger partial charge < -0.3 is 28.8 Å². The van der Waals surface area contributed by atoms with Crippen LogP contribution in [0, 0.1) is 0 Å². The van der Waals surface area contributed by atoms with Crippen LogP contribution in [0.25, 0.3) is 0 Å². The second kappa shape index (κ2) is 7.98. The molecule has 1 amide bonds. The maximum absolute atomic E-state index is 12.5. The van der Waals surface area contributed by atoms with Crippen LogP contribution in [0.5, 0.6) is 0 Å². The summed E-state index contributed by atoms with van der Waals surface area (Å²) >= 11 is 0. The first-order valence-corrected chi connectivity index (χ1v) is 11.5. The molecule has 3 aliphatic rings. The highest BCUT2D eigenvalue weighted by Gasteiger charge is 2.65. The molecule has 3 heterocycles. The van der Waals surface area contributed by atoms with Crippen molar-refractivity contribution in [2.75, 3.05) is 13.2 Å². The minimum Gasteiger partial charge on any atom is -0.478 e. The number of nitrogens with one attached hydrogen (secondary N) is 1. The first kappa shape index (κ1) is 24.0. The van der Waals surface area contributed by atoms with E-state index in [0.717, 1.165) is 0 Å². The zero-order chi connectivity index (χ0) is 24.2. The van der Waals surface area contributed by atoms with E-state index in [1.54, 1.807) is 32.4 Å². The largest absolute Gasteiger partial charge is 0.478 e. The molecule has 182 valence electrons. The standard InChI is InChI=1S/C20H25NO11S/c1-18(2)29-13-9-27-20(15(14(13)30-18)31-19(3,4)32-20)10-28-33(25,26)21-16(22)11-7-5-6-8-12(11)17(23)24/h5-8,13-15H,9-10H2,1-4H3,(H,21,22)(H,23,24)/t13-,14?,15+,20+/m1/s1.